The first-order valence-electron chi connectivity index (χ1n) is 2.95. The first-order chi connectivity index (χ1) is 3.66. The molecule has 0 saturated carbocycles. The van der Waals surface area contributed by atoms with Crippen molar-refractivity contribution in [3.8, 4) is 0 Å². The highest BCUT2D eigenvalue weighted by Crippen LogP contribution is 2.15. The van der Waals surface area contributed by atoms with Gasteiger partial charge in [-0.25, -0.2) is 0 Å². The van der Waals surface area contributed by atoms with Crippen LogP contribution in [0.1, 0.15) is 26.7 Å². The Morgan fingerprint density at radius 2 is 1.88 bits per heavy atom. The Morgan fingerprint density at radius 3 is 2.00 bits per heavy atom. The molecule has 50 valence electrons. The van der Waals surface area contributed by atoms with Crippen molar-refractivity contribution in [2.75, 3.05) is 0 Å². The molecule has 0 aliphatic heterocycles. The van der Waals surface area contributed by atoms with Crippen LogP contribution in [-0.2, 0) is 0 Å². The van der Waals surface area contributed by atoms with Crippen molar-refractivity contribution in [3.05, 3.63) is 0 Å². The molecule has 0 saturated heterocycles. The van der Waals surface area contributed by atoms with E-state index in [1.165, 1.54) is 12.8 Å². The lowest BCUT2D eigenvalue weighted by Gasteiger charge is -2.06. The fourth-order valence-corrected chi connectivity index (χ4v) is 2.03. The maximum Gasteiger partial charge on any atom is 0.0153 e. The van der Waals surface area contributed by atoms with Gasteiger partial charge in [-0.3, -0.25) is 0 Å². The van der Waals surface area contributed by atoms with Crippen molar-refractivity contribution in [2.24, 2.45) is 0 Å². The second-order valence-corrected chi connectivity index (χ2v) is 4.88. The van der Waals surface area contributed by atoms with Gasteiger partial charge in [-0.1, -0.05) is 45.7 Å². The van der Waals surface area contributed by atoms with Gasteiger partial charge in [0.05, 0.1) is 0 Å². The summed E-state index contributed by atoms with van der Waals surface area (Å²) in [6.07, 6.45) is 2.44. The van der Waals surface area contributed by atoms with Crippen LogP contribution in [0.4, 0.5) is 0 Å². The van der Waals surface area contributed by atoms with Crippen LogP contribution < -0.4 is 0 Å². The maximum absolute atomic E-state index is 3.55. The summed E-state index contributed by atoms with van der Waals surface area (Å²) in [4.78, 5) is 1.34. The molecule has 0 aromatic heterocycles. The van der Waals surface area contributed by atoms with Crippen molar-refractivity contribution >= 4 is 31.9 Å². The van der Waals surface area contributed by atoms with Crippen LogP contribution in [0.25, 0.3) is 0 Å². The predicted octanol–water partition coefficient (Wildman–Crippen LogP) is 3.33. The molecule has 0 N–H and O–H groups in total. The minimum Gasteiger partial charge on any atom is -0.0893 e. The highest BCUT2D eigenvalue weighted by atomic mass is 79.9. The number of hydrogen-bond acceptors (Lipinski definition) is 0. The molecule has 0 rings (SSSR count). The molecule has 0 bridgehead atoms. The number of rotatable bonds is 3. The smallest absolute Gasteiger partial charge is 0.0153 e. The van der Waals surface area contributed by atoms with Gasteiger partial charge in [-0.2, -0.15) is 0 Å². The molecular weight excluding hydrogens is 232 g/mol. The molecular formula is C6H12Br2. The summed E-state index contributed by atoms with van der Waals surface area (Å²) in [5.41, 5.74) is 0. The van der Waals surface area contributed by atoms with Gasteiger partial charge in [-0.05, 0) is 12.8 Å². The molecule has 0 spiro atoms. The summed E-state index contributed by atoms with van der Waals surface area (Å²) in [6.45, 7) is 4.36. The molecule has 2 unspecified atom stereocenters. The molecule has 0 radical (unpaired) electrons. The Morgan fingerprint density at radius 1 is 1.38 bits per heavy atom. The summed E-state index contributed by atoms with van der Waals surface area (Å²) in [5, 5.41) is 0. The summed E-state index contributed by atoms with van der Waals surface area (Å²) in [5.74, 6) is 0. The van der Waals surface area contributed by atoms with Crippen LogP contribution in [0.5, 0.6) is 0 Å². The Kier molecular flexibility index (Phi) is 5.38. The minimum atomic E-state index is 0.645. The van der Waals surface area contributed by atoms with Crippen LogP contribution in [0, 0.1) is 0 Å². The minimum absolute atomic E-state index is 0.645. The van der Waals surface area contributed by atoms with Crippen molar-refractivity contribution < 1.29 is 0 Å². The molecule has 2 atom stereocenters. The van der Waals surface area contributed by atoms with E-state index in [-0.39, 0.29) is 0 Å². The van der Waals surface area contributed by atoms with Crippen LogP contribution in [-0.4, -0.2) is 9.65 Å². The van der Waals surface area contributed by atoms with Gasteiger partial charge in [0.1, 0.15) is 0 Å². The van der Waals surface area contributed by atoms with Gasteiger partial charge in [0.15, 0.2) is 0 Å². The Balaban J connectivity index is 3.10. The third-order valence-corrected chi connectivity index (χ3v) is 2.42. The quantitative estimate of drug-likeness (QED) is 0.668. The summed E-state index contributed by atoms with van der Waals surface area (Å²) < 4.78 is 0. The van der Waals surface area contributed by atoms with Gasteiger partial charge in [-0.15, -0.1) is 0 Å². The highest BCUT2D eigenvalue weighted by molar-refractivity contribution is 9.10. The molecule has 0 aromatic carbocycles. The molecule has 0 aliphatic rings. The molecule has 0 amide bonds. The highest BCUT2D eigenvalue weighted by Gasteiger charge is 2.03. The SMILES string of the molecule is CCC(Br)CC(C)Br. The van der Waals surface area contributed by atoms with Gasteiger partial charge in [0.25, 0.3) is 0 Å². The lowest BCUT2D eigenvalue weighted by molar-refractivity contribution is 0.748. The third kappa shape index (κ3) is 5.10. The standard InChI is InChI=1S/C6H12Br2/c1-3-6(8)4-5(2)7/h5-6H,3-4H2,1-2H3. The van der Waals surface area contributed by atoms with E-state index >= 15 is 0 Å². The van der Waals surface area contributed by atoms with Crippen molar-refractivity contribution in [1.29, 1.82) is 0 Å². The summed E-state index contributed by atoms with van der Waals surface area (Å²) >= 11 is 7.03. The lowest BCUT2D eigenvalue weighted by Crippen LogP contribution is -2.01. The molecule has 0 fully saturated rings. The average Bonchev–Trinajstić information content (AvgIpc) is 1.65. The molecule has 2 heteroatoms. The monoisotopic (exact) mass is 242 g/mol. The van der Waals surface area contributed by atoms with E-state index in [1.54, 1.807) is 0 Å². The second kappa shape index (κ2) is 4.80. The first-order valence-corrected chi connectivity index (χ1v) is 4.78. The first kappa shape index (κ1) is 8.96. The fourth-order valence-electron chi connectivity index (χ4n) is 0.519. The fraction of sp³-hybridized carbons (Fsp3) is 1.00. The van der Waals surface area contributed by atoms with Gasteiger partial charge in [0, 0.05) is 9.65 Å². The van der Waals surface area contributed by atoms with Gasteiger partial charge in [0.2, 0.25) is 0 Å². The zero-order valence-corrected chi connectivity index (χ0v) is 8.50. The normalized spacial score (nSPS) is 18.0. The van der Waals surface area contributed by atoms with Gasteiger partial charge < -0.3 is 0 Å². The van der Waals surface area contributed by atoms with Crippen molar-refractivity contribution in [2.45, 2.75) is 36.3 Å². The molecule has 0 nitrogen and oxygen atoms in total. The van der Waals surface area contributed by atoms with E-state index in [0.717, 1.165) is 0 Å². The van der Waals surface area contributed by atoms with Crippen LogP contribution in [0.3, 0.4) is 0 Å². The topological polar surface area (TPSA) is 0 Å². The van der Waals surface area contributed by atoms with Gasteiger partial charge >= 0.3 is 0 Å². The predicted molar refractivity (Wildman–Crippen MR) is 46.0 cm³/mol. The zero-order valence-electron chi connectivity index (χ0n) is 5.32. The van der Waals surface area contributed by atoms with Crippen LogP contribution in [0.15, 0.2) is 0 Å². The second-order valence-electron chi connectivity index (χ2n) is 2.02. The van der Waals surface area contributed by atoms with E-state index in [9.17, 15) is 0 Å². The molecule has 0 aliphatic carbocycles. The number of halogens is 2. The number of alkyl halides is 2. The Bertz CT molecular complexity index is 52.5. The largest absolute Gasteiger partial charge is 0.0893 e. The van der Waals surface area contributed by atoms with Crippen molar-refractivity contribution in [3.63, 3.8) is 0 Å². The lowest BCUT2D eigenvalue weighted by atomic mass is 10.2. The van der Waals surface area contributed by atoms with Crippen molar-refractivity contribution in [1.82, 2.24) is 0 Å². The van der Waals surface area contributed by atoms with Crippen LogP contribution >= 0.6 is 31.9 Å². The Labute approximate surface area is 68.3 Å². The molecule has 0 heterocycles. The van der Waals surface area contributed by atoms with Crippen LogP contribution in [0.2, 0.25) is 0 Å². The van der Waals surface area contributed by atoms with E-state index in [0.29, 0.717) is 9.65 Å². The average molecular weight is 244 g/mol. The van der Waals surface area contributed by atoms with E-state index < -0.39 is 0 Å². The van der Waals surface area contributed by atoms with E-state index in [4.69, 9.17) is 0 Å². The molecule has 0 aromatic rings. The summed E-state index contributed by atoms with van der Waals surface area (Å²) in [6, 6.07) is 0. The Hall–Kier alpha value is 0.960. The number of hydrogen-bond donors (Lipinski definition) is 0. The molecule has 8 heavy (non-hydrogen) atoms. The van der Waals surface area contributed by atoms with E-state index in [2.05, 4.69) is 45.7 Å². The maximum atomic E-state index is 3.55. The van der Waals surface area contributed by atoms with E-state index in [1.807, 2.05) is 0 Å². The summed E-state index contributed by atoms with van der Waals surface area (Å²) in [7, 11) is 0. The third-order valence-electron chi connectivity index (χ3n) is 1.02. The zero-order chi connectivity index (χ0) is 6.57.